The molecule has 1 heterocycles. The van der Waals surface area contributed by atoms with Gasteiger partial charge in [-0.1, -0.05) is 0 Å². The van der Waals surface area contributed by atoms with Gasteiger partial charge in [0.05, 0.1) is 0 Å². The number of hydrogen-bond donors (Lipinski definition) is 2. The summed E-state index contributed by atoms with van der Waals surface area (Å²) in [7, 11) is 2.19. The van der Waals surface area contributed by atoms with Crippen LogP contribution in [0.2, 0.25) is 0 Å². The number of piperidine rings is 1. The van der Waals surface area contributed by atoms with E-state index in [2.05, 4.69) is 17.3 Å². The third kappa shape index (κ3) is 4.77. The maximum atomic E-state index is 11.8. The predicted molar refractivity (Wildman–Crippen MR) is 77.8 cm³/mol. The summed E-state index contributed by atoms with van der Waals surface area (Å²) in [6, 6.07) is 0. The minimum absolute atomic E-state index is 0.215. The highest BCUT2D eigenvalue weighted by Crippen LogP contribution is 2.43. The molecule has 0 aromatic rings. The van der Waals surface area contributed by atoms with Crippen molar-refractivity contribution in [3.05, 3.63) is 0 Å². The van der Waals surface area contributed by atoms with E-state index in [4.69, 9.17) is 5.73 Å². The van der Waals surface area contributed by atoms with Crippen LogP contribution in [0.5, 0.6) is 0 Å². The van der Waals surface area contributed by atoms with E-state index in [9.17, 15) is 4.79 Å². The number of nitrogens with one attached hydrogen (secondary N) is 1. The summed E-state index contributed by atoms with van der Waals surface area (Å²) in [5.74, 6) is 1.05. The lowest BCUT2D eigenvalue weighted by atomic mass is 9.92. The van der Waals surface area contributed by atoms with E-state index >= 15 is 0 Å². The van der Waals surface area contributed by atoms with Crippen molar-refractivity contribution in [2.24, 2.45) is 17.1 Å². The van der Waals surface area contributed by atoms with Gasteiger partial charge in [-0.25, -0.2) is 0 Å². The van der Waals surface area contributed by atoms with E-state index in [1.54, 1.807) is 0 Å². The number of nitrogens with zero attached hydrogens (tertiary/aromatic N) is 1. The fourth-order valence-electron chi connectivity index (χ4n) is 2.91. The van der Waals surface area contributed by atoms with Crippen LogP contribution in [0.4, 0.5) is 0 Å². The molecule has 4 heteroatoms. The van der Waals surface area contributed by atoms with Gasteiger partial charge in [-0.3, -0.25) is 4.79 Å². The van der Waals surface area contributed by atoms with Crippen LogP contribution < -0.4 is 11.1 Å². The molecule has 0 aromatic heterocycles. The first-order valence-electron chi connectivity index (χ1n) is 7.79. The van der Waals surface area contributed by atoms with Gasteiger partial charge in [0.1, 0.15) is 0 Å². The lowest BCUT2D eigenvalue weighted by Gasteiger charge is -2.28. The van der Waals surface area contributed by atoms with Crippen LogP contribution in [0, 0.1) is 11.3 Å². The van der Waals surface area contributed by atoms with Gasteiger partial charge >= 0.3 is 0 Å². The Morgan fingerprint density at radius 3 is 2.63 bits per heavy atom. The molecule has 3 N–H and O–H groups in total. The fourth-order valence-corrected chi connectivity index (χ4v) is 2.91. The van der Waals surface area contributed by atoms with Crippen molar-refractivity contribution in [1.82, 2.24) is 10.2 Å². The molecule has 0 spiro atoms. The first kappa shape index (κ1) is 14.8. The van der Waals surface area contributed by atoms with Gasteiger partial charge in [0.15, 0.2) is 0 Å². The molecule has 1 amide bonds. The molecule has 0 atom stereocenters. The fraction of sp³-hybridized carbons (Fsp3) is 0.933. The molecular weight excluding hydrogens is 238 g/mol. The maximum absolute atomic E-state index is 11.8. The average molecular weight is 267 g/mol. The Balaban J connectivity index is 1.52. The minimum atomic E-state index is 0.215. The van der Waals surface area contributed by atoms with E-state index < -0.39 is 0 Å². The minimum Gasteiger partial charge on any atom is -0.355 e. The van der Waals surface area contributed by atoms with Gasteiger partial charge in [-0.2, -0.15) is 0 Å². The van der Waals surface area contributed by atoms with Crippen LogP contribution in [-0.4, -0.2) is 44.0 Å². The van der Waals surface area contributed by atoms with Crippen molar-refractivity contribution in [2.45, 2.75) is 44.9 Å². The van der Waals surface area contributed by atoms with Crippen molar-refractivity contribution in [2.75, 3.05) is 33.2 Å². The Hall–Kier alpha value is -0.610. The second-order valence-electron chi connectivity index (χ2n) is 6.62. The molecule has 1 aliphatic heterocycles. The van der Waals surface area contributed by atoms with Crippen LogP contribution >= 0.6 is 0 Å². The number of carbonyl (C=O) groups excluding carboxylic acids is 1. The average Bonchev–Trinajstić information content (AvgIpc) is 3.19. The van der Waals surface area contributed by atoms with Crippen molar-refractivity contribution >= 4 is 5.91 Å². The number of nitrogens with two attached hydrogens (primary N) is 1. The number of rotatable bonds is 7. The van der Waals surface area contributed by atoms with Crippen LogP contribution in [0.25, 0.3) is 0 Å². The molecule has 110 valence electrons. The summed E-state index contributed by atoms with van der Waals surface area (Å²) in [5.41, 5.74) is 5.96. The van der Waals surface area contributed by atoms with Crippen LogP contribution in [0.15, 0.2) is 0 Å². The molecule has 0 unspecified atom stereocenters. The lowest BCUT2D eigenvalue weighted by molar-refractivity contribution is -0.121. The topological polar surface area (TPSA) is 58.4 Å². The van der Waals surface area contributed by atoms with Gasteiger partial charge in [-0.05, 0) is 76.5 Å². The Kier molecular flexibility index (Phi) is 5.22. The highest BCUT2D eigenvalue weighted by atomic mass is 16.1. The lowest BCUT2D eigenvalue weighted by Crippen LogP contribution is -2.34. The third-order valence-electron chi connectivity index (χ3n) is 4.91. The van der Waals surface area contributed by atoms with Gasteiger partial charge in [0.25, 0.3) is 0 Å². The SMILES string of the molecule is CN1CCC(CCCC(=O)NCC2(CN)CC2)CC1. The van der Waals surface area contributed by atoms with Crippen molar-refractivity contribution in [3.8, 4) is 0 Å². The Bertz CT molecular complexity index is 294. The summed E-state index contributed by atoms with van der Waals surface area (Å²) >= 11 is 0. The highest BCUT2D eigenvalue weighted by molar-refractivity contribution is 5.75. The van der Waals surface area contributed by atoms with Gasteiger partial charge in [-0.15, -0.1) is 0 Å². The molecule has 2 aliphatic rings. The molecule has 2 rings (SSSR count). The molecular formula is C15H29N3O. The molecule has 1 saturated heterocycles. The highest BCUT2D eigenvalue weighted by Gasteiger charge is 2.41. The van der Waals surface area contributed by atoms with Crippen molar-refractivity contribution in [1.29, 1.82) is 0 Å². The molecule has 1 saturated carbocycles. The van der Waals surface area contributed by atoms with Crippen LogP contribution in [0.3, 0.4) is 0 Å². The predicted octanol–water partition coefficient (Wildman–Crippen LogP) is 1.35. The number of amides is 1. The summed E-state index contributed by atoms with van der Waals surface area (Å²) in [6.45, 7) is 3.94. The summed E-state index contributed by atoms with van der Waals surface area (Å²) in [4.78, 5) is 14.2. The molecule has 0 bridgehead atoms. The van der Waals surface area contributed by atoms with E-state index in [0.717, 1.165) is 18.9 Å². The molecule has 1 aliphatic carbocycles. The molecule has 19 heavy (non-hydrogen) atoms. The number of hydrogen-bond acceptors (Lipinski definition) is 3. The number of carbonyl (C=O) groups is 1. The molecule has 2 fully saturated rings. The van der Waals surface area contributed by atoms with E-state index in [0.29, 0.717) is 13.0 Å². The van der Waals surface area contributed by atoms with Crippen LogP contribution in [-0.2, 0) is 4.79 Å². The van der Waals surface area contributed by atoms with Crippen molar-refractivity contribution in [3.63, 3.8) is 0 Å². The molecule has 4 nitrogen and oxygen atoms in total. The molecule has 0 radical (unpaired) electrons. The first-order valence-corrected chi connectivity index (χ1v) is 7.79. The van der Waals surface area contributed by atoms with Crippen molar-refractivity contribution < 1.29 is 4.79 Å². The van der Waals surface area contributed by atoms with Gasteiger partial charge in [0, 0.05) is 13.0 Å². The second-order valence-corrected chi connectivity index (χ2v) is 6.62. The zero-order chi connectivity index (χ0) is 13.7. The zero-order valence-corrected chi connectivity index (χ0v) is 12.3. The molecule has 0 aromatic carbocycles. The summed E-state index contributed by atoms with van der Waals surface area (Å²) < 4.78 is 0. The smallest absolute Gasteiger partial charge is 0.220 e. The Morgan fingerprint density at radius 2 is 2.05 bits per heavy atom. The quantitative estimate of drug-likeness (QED) is 0.732. The van der Waals surface area contributed by atoms with Crippen LogP contribution in [0.1, 0.15) is 44.9 Å². The maximum Gasteiger partial charge on any atom is 0.220 e. The Morgan fingerprint density at radius 1 is 1.37 bits per heavy atom. The summed E-state index contributed by atoms with van der Waals surface area (Å²) in [5, 5.41) is 3.05. The number of likely N-dealkylation sites (tertiary alicyclic amines) is 1. The zero-order valence-electron chi connectivity index (χ0n) is 12.3. The van der Waals surface area contributed by atoms with E-state index in [-0.39, 0.29) is 11.3 Å². The Labute approximate surface area is 117 Å². The standard InChI is InChI=1S/C15H29N3O/c1-18-9-5-13(6-10-18)3-2-4-14(19)17-12-15(11-16)7-8-15/h13H,2-12,16H2,1H3,(H,17,19). The second kappa shape index (κ2) is 6.71. The monoisotopic (exact) mass is 267 g/mol. The van der Waals surface area contributed by atoms with Gasteiger partial charge < -0.3 is 16.0 Å². The summed E-state index contributed by atoms with van der Waals surface area (Å²) in [6.07, 6.45) is 7.90. The normalized spacial score (nSPS) is 23.3. The first-order chi connectivity index (χ1) is 9.13. The third-order valence-corrected chi connectivity index (χ3v) is 4.91. The van der Waals surface area contributed by atoms with E-state index in [1.165, 1.54) is 45.2 Å². The largest absolute Gasteiger partial charge is 0.355 e. The van der Waals surface area contributed by atoms with Gasteiger partial charge in [0.2, 0.25) is 5.91 Å². The van der Waals surface area contributed by atoms with E-state index in [1.807, 2.05) is 0 Å².